The number of rotatable bonds is 6. The largest absolute Gasteiger partial charge is 0.615 e. The number of thioether (sulfide) groups is 1. The van der Waals surface area contributed by atoms with E-state index in [9.17, 15) is 18.4 Å². The molecular formula is C17H20N2O5S3. The van der Waals surface area contributed by atoms with Gasteiger partial charge in [-0.1, -0.05) is 24.0 Å². The average Bonchev–Trinajstić information content (AvgIpc) is 3.29. The fourth-order valence-electron chi connectivity index (χ4n) is 3.21. The maximum absolute atomic E-state index is 12.6. The standard InChI is InChI=1S/C17H20N2O5S3/c1-2-18(12-6-9-27(22,23)11-12)15(20)5-7-19-16(21)14(26-17(19)25)10-13-4-3-8-24-13/h3-4,8,10,12H,2,5-7,9,11H2,1H3/b14-10-. The van der Waals surface area contributed by atoms with Crippen LogP contribution in [0.4, 0.5) is 0 Å². The highest BCUT2D eigenvalue weighted by Crippen LogP contribution is 2.32. The summed E-state index contributed by atoms with van der Waals surface area (Å²) in [6.45, 7) is 2.44. The van der Waals surface area contributed by atoms with Crippen LogP contribution in [0.2, 0.25) is 0 Å². The van der Waals surface area contributed by atoms with Gasteiger partial charge in [0.25, 0.3) is 5.91 Å². The second-order valence-corrected chi connectivity index (χ2v) is 10.2. The zero-order valence-corrected chi connectivity index (χ0v) is 17.2. The lowest BCUT2D eigenvalue weighted by Crippen LogP contribution is -2.43. The third-order valence-corrected chi connectivity index (χ3v) is 7.68. The van der Waals surface area contributed by atoms with Crippen molar-refractivity contribution in [3.63, 3.8) is 0 Å². The van der Waals surface area contributed by atoms with Crippen LogP contribution in [0.5, 0.6) is 0 Å². The third-order valence-electron chi connectivity index (χ3n) is 4.55. The molecule has 2 aliphatic rings. The molecule has 0 aromatic carbocycles. The molecule has 2 unspecified atom stereocenters. The molecule has 0 aliphatic carbocycles. The van der Waals surface area contributed by atoms with Gasteiger partial charge in [-0.25, -0.2) is 0 Å². The number of carbonyl (C=O) groups is 2. The summed E-state index contributed by atoms with van der Waals surface area (Å²) < 4.78 is 29.0. The minimum atomic E-state index is -3.06. The van der Waals surface area contributed by atoms with Crippen molar-refractivity contribution in [2.24, 2.45) is 0 Å². The predicted octanol–water partition coefficient (Wildman–Crippen LogP) is 2.12. The highest BCUT2D eigenvalue weighted by Gasteiger charge is 2.38. The van der Waals surface area contributed by atoms with E-state index in [1.807, 2.05) is 6.92 Å². The number of sulfone groups is 1. The van der Waals surface area contributed by atoms with E-state index >= 15 is 0 Å². The second-order valence-electron chi connectivity index (χ2n) is 6.34. The van der Waals surface area contributed by atoms with Crippen molar-refractivity contribution in [1.29, 1.82) is 0 Å². The van der Waals surface area contributed by atoms with E-state index in [2.05, 4.69) is 0 Å². The average molecular weight is 429 g/mol. The van der Waals surface area contributed by atoms with E-state index in [1.165, 1.54) is 22.9 Å². The Bertz CT molecular complexity index is 821. The lowest BCUT2D eigenvalue weighted by atomic mass is 10.2. The molecule has 1 aromatic rings. The van der Waals surface area contributed by atoms with Crippen molar-refractivity contribution >= 4 is 56.4 Å². The molecule has 0 bridgehead atoms. The molecule has 3 rings (SSSR count). The molecule has 10 heteroatoms. The lowest BCUT2D eigenvalue weighted by molar-refractivity contribution is -0.133. The van der Waals surface area contributed by atoms with Crippen LogP contribution in [0, 0.1) is 0 Å². The van der Waals surface area contributed by atoms with Crippen LogP contribution < -0.4 is 0 Å². The maximum Gasteiger partial charge on any atom is 0.266 e. The minimum Gasteiger partial charge on any atom is -0.615 e. The molecule has 1 aromatic heterocycles. The molecule has 2 fully saturated rings. The Morgan fingerprint density at radius 1 is 1.59 bits per heavy atom. The van der Waals surface area contributed by atoms with Gasteiger partial charge in [-0.2, -0.15) is 0 Å². The SMILES string of the molecule is CCN(C(=O)CCN1C(=O)/C(=C/c2ccco2)SC1=S)C1CC[S+](=O)([O-])C1. The molecule has 7 nitrogen and oxygen atoms in total. The van der Waals surface area contributed by atoms with Crippen LogP contribution in [0.15, 0.2) is 27.7 Å². The highest BCUT2D eigenvalue weighted by molar-refractivity contribution is 8.26. The Morgan fingerprint density at radius 2 is 2.37 bits per heavy atom. The summed E-state index contributed by atoms with van der Waals surface area (Å²) in [4.78, 5) is 28.6. The van der Waals surface area contributed by atoms with Crippen LogP contribution in [-0.4, -0.2) is 61.1 Å². The van der Waals surface area contributed by atoms with Crippen molar-refractivity contribution in [1.82, 2.24) is 9.80 Å². The van der Waals surface area contributed by atoms with Crippen molar-refractivity contribution < 1.29 is 22.8 Å². The number of hydrogen-bond donors (Lipinski definition) is 0. The summed E-state index contributed by atoms with van der Waals surface area (Å²) in [6, 6.07) is 3.19. The molecule has 3 heterocycles. The zero-order chi connectivity index (χ0) is 19.6. The highest BCUT2D eigenvalue weighted by atomic mass is 32.3. The van der Waals surface area contributed by atoms with E-state index in [4.69, 9.17) is 16.6 Å². The molecule has 0 N–H and O–H groups in total. The second kappa shape index (κ2) is 8.26. The molecular weight excluding hydrogens is 408 g/mol. The number of hydrogen-bond acceptors (Lipinski definition) is 7. The fourth-order valence-corrected chi connectivity index (χ4v) is 6.23. The van der Waals surface area contributed by atoms with Crippen LogP contribution in [-0.2, 0) is 24.0 Å². The maximum atomic E-state index is 12.6. The van der Waals surface area contributed by atoms with E-state index in [-0.39, 0.29) is 42.3 Å². The van der Waals surface area contributed by atoms with Gasteiger partial charge in [-0.05, 0) is 19.1 Å². The molecule has 2 aliphatic heterocycles. The fraction of sp³-hybridized carbons (Fsp3) is 0.471. The van der Waals surface area contributed by atoms with Crippen molar-refractivity contribution in [3.8, 4) is 0 Å². The van der Waals surface area contributed by atoms with Gasteiger partial charge in [-0.15, -0.1) is 4.21 Å². The number of carbonyl (C=O) groups excluding carboxylic acids is 2. The van der Waals surface area contributed by atoms with Crippen molar-refractivity contribution in [3.05, 3.63) is 29.1 Å². The van der Waals surface area contributed by atoms with Crippen LogP contribution in [0.1, 0.15) is 25.5 Å². The Labute approximate surface area is 168 Å². The van der Waals surface area contributed by atoms with Gasteiger partial charge < -0.3 is 13.9 Å². The van der Waals surface area contributed by atoms with Crippen LogP contribution in [0.3, 0.4) is 0 Å². The summed E-state index contributed by atoms with van der Waals surface area (Å²) in [5.74, 6) is 0.281. The summed E-state index contributed by atoms with van der Waals surface area (Å²) in [6.07, 6.45) is 3.72. The van der Waals surface area contributed by atoms with Gasteiger partial charge in [0.15, 0.2) is 0 Å². The molecule has 27 heavy (non-hydrogen) atoms. The van der Waals surface area contributed by atoms with E-state index in [0.29, 0.717) is 28.0 Å². The van der Waals surface area contributed by atoms with Crippen LogP contribution in [0.25, 0.3) is 6.08 Å². The smallest absolute Gasteiger partial charge is 0.266 e. The minimum absolute atomic E-state index is 0.0134. The number of thiocarbonyl (C=S) groups is 1. The van der Waals surface area contributed by atoms with E-state index in [1.54, 1.807) is 23.1 Å². The molecule has 146 valence electrons. The molecule has 0 radical (unpaired) electrons. The first kappa shape index (κ1) is 20.2. The lowest BCUT2D eigenvalue weighted by Gasteiger charge is -2.27. The molecule has 2 saturated heterocycles. The van der Waals surface area contributed by atoms with Crippen LogP contribution >= 0.6 is 24.0 Å². The number of nitrogens with zero attached hydrogens (tertiary/aromatic N) is 2. The predicted molar refractivity (Wildman–Crippen MR) is 108 cm³/mol. The molecule has 2 amide bonds. The van der Waals surface area contributed by atoms with Gasteiger partial charge in [0, 0.05) is 42.2 Å². The topological polar surface area (TPSA) is 93.9 Å². The summed E-state index contributed by atoms with van der Waals surface area (Å²) in [5, 5.41) is 0. The number of furan rings is 1. The summed E-state index contributed by atoms with van der Waals surface area (Å²) in [5.41, 5.74) is 0. The first-order valence-electron chi connectivity index (χ1n) is 8.59. The van der Waals surface area contributed by atoms with Gasteiger partial charge in [0.1, 0.15) is 21.6 Å². The third kappa shape index (κ3) is 4.68. The van der Waals surface area contributed by atoms with E-state index < -0.39 is 10.2 Å². The Morgan fingerprint density at radius 3 is 2.96 bits per heavy atom. The van der Waals surface area contributed by atoms with Gasteiger partial charge in [0.05, 0.1) is 17.2 Å². The Hall–Kier alpha value is -1.49. The first-order valence-corrected chi connectivity index (χ1v) is 11.6. The van der Waals surface area contributed by atoms with Gasteiger partial charge in [0.2, 0.25) is 5.91 Å². The number of amides is 2. The van der Waals surface area contributed by atoms with Crippen molar-refractivity contribution in [2.75, 3.05) is 24.6 Å². The summed E-state index contributed by atoms with van der Waals surface area (Å²) in [7, 11) is -3.06. The van der Waals surface area contributed by atoms with Gasteiger partial charge >= 0.3 is 0 Å². The zero-order valence-electron chi connectivity index (χ0n) is 14.8. The van der Waals surface area contributed by atoms with Gasteiger partial charge in [-0.3, -0.25) is 14.5 Å². The first-order chi connectivity index (χ1) is 12.8. The Kier molecular flexibility index (Phi) is 6.19. The Balaban J connectivity index is 1.60. The molecule has 0 saturated carbocycles. The summed E-state index contributed by atoms with van der Waals surface area (Å²) >= 11 is 6.44. The molecule has 0 spiro atoms. The quantitative estimate of drug-likeness (QED) is 0.389. The van der Waals surface area contributed by atoms with Crippen molar-refractivity contribution in [2.45, 2.75) is 25.8 Å². The van der Waals surface area contributed by atoms with E-state index in [0.717, 1.165) is 0 Å². The monoisotopic (exact) mass is 428 g/mol. The molecule has 2 atom stereocenters. The normalized spacial score (nSPS) is 27.0.